The predicted octanol–water partition coefficient (Wildman–Crippen LogP) is 2.69. The van der Waals surface area contributed by atoms with Crippen LogP contribution in [-0.2, 0) is 0 Å². The van der Waals surface area contributed by atoms with Crippen LogP contribution < -0.4 is 5.56 Å². The molecule has 0 bridgehead atoms. The summed E-state index contributed by atoms with van der Waals surface area (Å²) < 4.78 is 2.68. The van der Waals surface area contributed by atoms with Crippen molar-refractivity contribution in [3.8, 4) is 5.69 Å². The van der Waals surface area contributed by atoms with Crippen LogP contribution in [0.2, 0.25) is 0 Å². The highest BCUT2D eigenvalue weighted by Gasteiger charge is 2.10. The average Bonchev–Trinajstić information content (AvgIpc) is 2.40. The molecule has 1 aromatic carbocycles. The third-order valence-electron chi connectivity index (χ3n) is 2.85. The number of rotatable bonds is 1. The predicted molar refractivity (Wildman–Crippen MR) is 82.6 cm³/mol. The molecule has 3 aromatic rings. The molecule has 2 aromatic heterocycles. The zero-order valence-electron chi connectivity index (χ0n) is 10.2. The van der Waals surface area contributed by atoms with Gasteiger partial charge in [0.1, 0.15) is 11.2 Å². The van der Waals surface area contributed by atoms with Gasteiger partial charge in [0.2, 0.25) is 0 Å². The lowest BCUT2D eigenvalue weighted by molar-refractivity contribution is 0.958. The summed E-state index contributed by atoms with van der Waals surface area (Å²) in [5.41, 5.74) is 2.46. The van der Waals surface area contributed by atoms with E-state index in [9.17, 15) is 4.79 Å². The first-order valence-electron chi connectivity index (χ1n) is 5.77. The largest absolute Gasteiger partial charge is 0.278 e. The minimum Gasteiger partial charge on any atom is -0.267 e. The van der Waals surface area contributed by atoms with Crippen molar-refractivity contribution in [1.82, 2.24) is 14.5 Å². The number of halogens is 1. The maximum atomic E-state index is 12.4. The quantitative estimate of drug-likeness (QED) is 0.625. The van der Waals surface area contributed by atoms with Gasteiger partial charge in [0.15, 0.2) is 5.65 Å². The lowest BCUT2D eigenvalue weighted by Gasteiger charge is -2.10. The van der Waals surface area contributed by atoms with Gasteiger partial charge < -0.3 is 0 Å². The molecule has 0 aliphatic carbocycles. The third kappa shape index (κ3) is 2.14. The maximum absolute atomic E-state index is 12.4. The number of nitrogens with zero attached hydrogens (tertiary/aromatic N) is 3. The summed E-state index contributed by atoms with van der Waals surface area (Å²) in [6, 6.07) is 11.4. The Morgan fingerprint density at radius 1 is 1.21 bits per heavy atom. The zero-order chi connectivity index (χ0) is 13.4. The van der Waals surface area contributed by atoms with Crippen molar-refractivity contribution >= 4 is 33.8 Å². The van der Waals surface area contributed by atoms with Crippen LogP contribution in [0.5, 0.6) is 0 Å². The van der Waals surface area contributed by atoms with Crippen LogP contribution in [0.25, 0.3) is 16.9 Å². The first kappa shape index (κ1) is 12.3. The fourth-order valence-corrected chi connectivity index (χ4v) is 2.52. The topological polar surface area (TPSA) is 47.8 Å². The number of pyridine rings is 1. The molecule has 0 atom stereocenters. The monoisotopic (exact) mass is 363 g/mol. The Kier molecular flexibility index (Phi) is 3.06. The molecule has 0 saturated heterocycles. The van der Waals surface area contributed by atoms with Gasteiger partial charge in [-0.2, -0.15) is 0 Å². The minimum absolute atomic E-state index is 0.131. The third-order valence-corrected chi connectivity index (χ3v) is 3.52. The Bertz CT molecular complexity index is 826. The second-order valence-electron chi connectivity index (χ2n) is 4.16. The maximum Gasteiger partial charge on any atom is 0.278 e. The summed E-state index contributed by atoms with van der Waals surface area (Å²) in [7, 11) is 0. The van der Waals surface area contributed by atoms with Crippen LogP contribution in [0.1, 0.15) is 5.69 Å². The van der Waals surface area contributed by atoms with Gasteiger partial charge in [-0.3, -0.25) is 9.36 Å². The highest BCUT2D eigenvalue weighted by Crippen LogP contribution is 2.15. The van der Waals surface area contributed by atoms with Crippen molar-refractivity contribution < 1.29 is 0 Å². The number of hydrogen-bond donors (Lipinski definition) is 0. The SMILES string of the molecule is Cc1nc2cccnc2n(-c2cccc(I)c2)c1=O. The molecule has 0 unspecified atom stereocenters. The van der Waals surface area contributed by atoms with Crippen molar-refractivity contribution in [1.29, 1.82) is 0 Å². The van der Waals surface area contributed by atoms with E-state index in [-0.39, 0.29) is 5.56 Å². The lowest BCUT2D eigenvalue weighted by Crippen LogP contribution is -2.23. The van der Waals surface area contributed by atoms with Gasteiger partial charge in [-0.1, -0.05) is 6.07 Å². The fourth-order valence-electron chi connectivity index (χ4n) is 1.99. The standard InChI is InChI=1S/C14H10IN3O/c1-9-14(19)18(11-5-2-4-10(15)8-11)13-12(17-9)6-3-7-16-13/h2-8H,1H3. The normalized spacial score (nSPS) is 10.8. The Hall–Kier alpha value is -1.76. The van der Waals surface area contributed by atoms with E-state index in [0.717, 1.165) is 14.8 Å². The number of aryl methyl sites for hydroxylation is 1. The van der Waals surface area contributed by atoms with Crippen LogP contribution in [0, 0.1) is 10.5 Å². The summed E-state index contributed by atoms with van der Waals surface area (Å²) in [6.45, 7) is 1.72. The van der Waals surface area contributed by atoms with Crippen LogP contribution in [0.15, 0.2) is 47.4 Å². The molecule has 3 rings (SSSR count). The van der Waals surface area contributed by atoms with E-state index >= 15 is 0 Å². The van der Waals surface area contributed by atoms with Gasteiger partial charge in [0.05, 0.1) is 5.69 Å². The highest BCUT2D eigenvalue weighted by molar-refractivity contribution is 14.1. The molecule has 0 saturated carbocycles. The molecule has 0 aliphatic heterocycles. The Balaban J connectivity index is 2.46. The first-order valence-corrected chi connectivity index (χ1v) is 6.85. The van der Waals surface area contributed by atoms with E-state index in [0.29, 0.717) is 11.3 Å². The average molecular weight is 363 g/mol. The Morgan fingerprint density at radius 2 is 2.05 bits per heavy atom. The van der Waals surface area contributed by atoms with Crippen molar-refractivity contribution in [2.45, 2.75) is 6.92 Å². The van der Waals surface area contributed by atoms with Crippen LogP contribution in [0.3, 0.4) is 0 Å². The van der Waals surface area contributed by atoms with E-state index in [2.05, 4.69) is 32.6 Å². The van der Waals surface area contributed by atoms with Crippen molar-refractivity contribution in [3.05, 3.63) is 62.2 Å². The molecule has 0 amide bonds. The van der Waals surface area contributed by atoms with Crippen LogP contribution in [0.4, 0.5) is 0 Å². The van der Waals surface area contributed by atoms with Crippen molar-refractivity contribution in [3.63, 3.8) is 0 Å². The molecule has 5 heteroatoms. The molecule has 0 radical (unpaired) electrons. The second-order valence-corrected chi connectivity index (χ2v) is 5.41. The molecule has 0 aliphatic rings. The summed E-state index contributed by atoms with van der Waals surface area (Å²) in [6.07, 6.45) is 1.67. The molecular formula is C14H10IN3O. The Labute approximate surface area is 123 Å². The summed E-state index contributed by atoms with van der Waals surface area (Å²) >= 11 is 2.22. The van der Waals surface area contributed by atoms with E-state index in [1.807, 2.05) is 36.4 Å². The number of hydrogen-bond acceptors (Lipinski definition) is 3. The molecule has 94 valence electrons. The molecule has 0 fully saturated rings. The smallest absolute Gasteiger partial charge is 0.267 e. The van der Waals surface area contributed by atoms with Gasteiger partial charge in [-0.25, -0.2) is 9.97 Å². The van der Waals surface area contributed by atoms with Gasteiger partial charge in [0.25, 0.3) is 5.56 Å². The summed E-state index contributed by atoms with van der Waals surface area (Å²) in [5, 5.41) is 0. The van der Waals surface area contributed by atoms with E-state index < -0.39 is 0 Å². The Morgan fingerprint density at radius 3 is 2.84 bits per heavy atom. The van der Waals surface area contributed by atoms with E-state index in [4.69, 9.17) is 0 Å². The molecule has 19 heavy (non-hydrogen) atoms. The number of aromatic nitrogens is 3. The molecular weight excluding hydrogens is 353 g/mol. The summed E-state index contributed by atoms with van der Waals surface area (Å²) in [5.74, 6) is 0. The number of fused-ring (bicyclic) bond motifs is 1. The highest BCUT2D eigenvalue weighted by atomic mass is 127. The van der Waals surface area contributed by atoms with Gasteiger partial charge in [-0.05, 0) is 59.8 Å². The number of benzene rings is 1. The first-order chi connectivity index (χ1) is 9.16. The van der Waals surface area contributed by atoms with Crippen LogP contribution in [-0.4, -0.2) is 14.5 Å². The van der Waals surface area contributed by atoms with Crippen LogP contribution >= 0.6 is 22.6 Å². The molecule has 0 N–H and O–H groups in total. The van der Waals surface area contributed by atoms with Gasteiger partial charge >= 0.3 is 0 Å². The van der Waals surface area contributed by atoms with Crippen molar-refractivity contribution in [2.75, 3.05) is 0 Å². The fraction of sp³-hybridized carbons (Fsp3) is 0.0714. The molecule has 2 heterocycles. The van der Waals surface area contributed by atoms with Gasteiger partial charge in [-0.15, -0.1) is 0 Å². The summed E-state index contributed by atoms with van der Waals surface area (Å²) in [4.78, 5) is 20.9. The van der Waals surface area contributed by atoms with Gasteiger partial charge in [0, 0.05) is 9.77 Å². The lowest BCUT2D eigenvalue weighted by atomic mass is 10.3. The van der Waals surface area contributed by atoms with E-state index in [1.54, 1.807) is 17.7 Å². The molecule has 0 spiro atoms. The van der Waals surface area contributed by atoms with E-state index in [1.165, 1.54) is 0 Å². The molecule has 4 nitrogen and oxygen atoms in total. The minimum atomic E-state index is -0.131. The van der Waals surface area contributed by atoms with Crippen molar-refractivity contribution in [2.24, 2.45) is 0 Å². The zero-order valence-corrected chi connectivity index (χ0v) is 12.3. The second kappa shape index (κ2) is 4.73.